The predicted octanol–water partition coefficient (Wildman–Crippen LogP) is 2.92. The molecule has 8 heteroatoms. The number of likely N-dealkylation sites (tertiary alicyclic amines) is 1. The second kappa shape index (κ2) is 10.9. The Balaban J connectivity index is 1.40. The largest absolute Gasteiger partial charge is 0.485 e. The van der Waals surface area contributed by atoms with Gasteiger partial charge in [0, 0.05) is 33.3 Å². The van der Waals surface area contributed by atoms with Gasteiger partial charge in [0.15, 0.2) is 11.5 Å². The summed E-state index contributed by atoms with van der Waals surface area (Å²) in [4.78, 5) is 29.3. The Bertz CT molecular complexity index is 991. The summed E-state index contributed by atoms with van der Waals surface area (Å²) in [5.74, 6) is 0.973. The average molecular weight is 471 g/mol. The molecule has 1 fully saturated rings. The van der Waals surface area contributed by atoms with Gasteiger partial charge >= 0.3 is 0 Å². The maximum absolute atomic E-state index is 13.4. The van der Waals surface area contributed by atoms with Crippen LogP contribution in [0.2, 0.25) is 0 Å². The molecule has 182 valence electrons. The Hall–Kier alpha value is -3.13. The smallest absolute Gasteiger partial charge is 0.267 e. The highest BCUT2D eigenvalue weighted by Gasteiger charge is 2.36. The molecule has 2 aliphatic rings. The molecule has 2 atom stereocenters. The summed E-state index contributed by atoms with van der Waals surface area (Å²) in [5, 5.41) is 0. The fourth-order valence-electron chi connectivity index (χ4n) is 4.74. The standard InChI is InChI=1S/C26H31FN2O5/c1-28(25(30)17-32-2)21(15-18-7-9-20(27)10-8-18)19-11-13-29(14-12-19)26(31)24-16-33-22-5-3-4-6-23(22)34-24/h3-10,19,21,24H,11-17H2,1-2H3. The summed E-state index contributed by atoms with van der Waals surface area (Å²) in [6.45, 7) is 1.36. The summed E-state index contributed by atoms with van der Waals surface area (Å²) in [6, 6.07) is 13.7. The third-order valence-electron chi connectivity index (χ3n) is 6.70. The molecule has 34 heavy (non-hydrogen) atoms. The van der Waals surface area contributed by atoms with Crippen molar-refractivity contribution in [1.29, 1.82) is 0 Å². The Morgan fingerprint density at radius 3 is 2.47 bits per heavy atom. The van der Waals surface area contributed by atoms with E-state index >= 15 is 0 Å². The van der Waals surface area contributed by atoms with Crippen LogP contribution in [0, 0.1) is 11.7 Å². The van der Waals surface area contributed by atoms with E-state index in [1.54, 1.807) is 30.1 Å². The number of ether oxygens (including phenoxy) is 3. The molecule has 1 saturated heterocycles. The highest BCUT2D eigenvalue weighted by molar-refractivity contribution is 5.82. The molecule has 4 rings (SSSR count). The second-order valence-electron chi connectivity index (χ2n) is 8.86. The fraction of sp³-hybridized carbons (Fsp3) is 0.462. The minimum Gasteiger partial charge on any atom is -0.485 e. The van der Waals surface area contributed by atoms with Crippen molar-refractivity contribution in [2.24, 2.45) is 5.92 Å². The van der Waals surface area contributed by atoms with Gasteiger partial charge in [-0.25, -0.2) is 4.39 Å². The first kappa shape index (κ1) is 24.0. The second-order valence-corrected chi connectivity index (χ2v) is 8.86. The zero-order valence-electron chi connectivity index (χ0n) is 19.6. The number of amides is 2. The van der Waals surface area contributed by atoms with E-state index in [2.05, 4.69) is 0 Å². The number of hydrogen-bond acceptors (Lipinski definition) is 5. The minimum absolute atomic E-state index is 0.00818. The van der Waals surface area contributed by atoms with Gasteiger partial charge in [0.1, 0.15) is 19.0 Å². The lowest BCUT2D eigenvalue weighted by molar-refractivity contribution is -0.144. The molecule has 7 nitrogen and oxygen atoms in total. The maximum atomic E-state index is 13.4. The van der Waals surface area contributed by atoms with Gasteiger partial charge in [0.25, 0.3) is 5.91 Å². The summed E-state index contributed by atoms with van der Waals surface area (Å²) in [7, 11) is 3.29. The number of rotatable bonds is 7. The van der Waals surface area contributed by atoms with Gasteiger partial charge in [-0.1, -0.05) is 24.3 Å². The highest BCUT2D eigenvalue weighted by Crippen LogP contribution is 2.32. The van der Waals surface area contributed by atoms with Crippen molar-refractivity contribution in [1.82, 2.24) is 9.80 Å². The maximum Gasteiger partial charge on any atom is 0.267 e. The Morgan fingerprint density at radius 1 is 1.12 bits per heavy atom. The lowest BCUT2D eigenvalue weighted by atomic mass is 9.84. The molecule has 2 aliphatic heterocycles. The van der Waals surface area contributed by atoms with Crippen LogP contribution in [0.3, 0.4) is 0 Å². The van der Waals surface area contributed by atoms with Gasteiger partial charge in [-0.3, -0.25) is 9.59 Å². The number of carbonyl (C=O) groups excluding carboxylic acids is 2. The third-order valence-corrected chi connectivity index (χ3v) is 6.70. The lowest BCUT2D eigenvalue weighted by Gasteiger charge is -2.41. The summed E-state index contributed by atoms with van der Waals surface area (Å²) >= 11 is 0. The van der Waals surface area contributed by atoms with E-state index in [0.717, 1.165) is 18.4 Å². The molecule has 2 heterocycles. The van der Waals surface area contributed by atoms with Crippen LogP contribution >= 0.6 is 0 Å². The van der Waals surface area contributed by atoms with Crippen molar-refractivity contribution in [3.63, 3.8) is 0 Å². The number of hydrogen-bond donors (Lipinski definition) is 0. The lowest BCUT2D eigenvalue weighted by Crippen LogP contribution is -2.52. The zero-order valence-corrected chi connectivity index (χ0v) is 19.6. The van der Waals surface area contributed by atoms with E-state index in [9.17, 15) is 14.0 Å². The Labute approximate surface area is 199 Å². The molecule has 0 aromatic heterocycles. The SMILES string of the molecule is COCC(=O)N(C)C(Cc1ccc(F)cc1)C1CCN(C(=O)C2COc3ccccc3O2)CC1. The van der Waals surface area contributed by atoms with Crippen LogP contribution in [0.1, 0.15) is 18.4 Å². The van der Waals surface area contributed by atoms with Crippen LogP contribution in [0.5, 0.6) is 11.5 Å². The summed E-state index contributed by atoms with van der Waals surface area (Å²) in [5.41, 5.74) is 0.966. The van der Waals surface area contributed by atoms with E-state index < -0.39 is 6.10 Å². The van der Waals surface area contributed by atoms with Crippen molar-refractivity contribution >= 4 is 11.8 Å². The highest BCUT2D eigenvalue weighted by atomic mass is 19.1. The normalized spacial score (nSPS) is 18.9. The van der Waals surface area contributed by atoms with Gasteiger partial charge in [-0.2, -0.15) is 0 Å². The number of likely N-dealkylation sites (N-methyl/N-ethyl adjacent to an activating group) is 1. The number of methoxy groups -OCH3 is 1. The molecule has 0 spiro atoms. The molecule has 2 aromatic rings. The van der Waals surface area contributed by atoms with Crippen LogP contribution in [-0.2, 0) is 20.7 Å². The Kier molecular flexibility index (Phi) is 7.67. The van der Waals surface area contributed by atoms with Crippen molar-refractivity contribution in [2.45, 2.75) is 31.4 Å². The summed E-state index contributed by atoms with van der Waals surface area (Å²) in [6.07, 6.45) is 1.47. The molecule has 2 amide bonds. The number of carbonyl (C=O) groups is 2. The molecule has 0 N–H and O–H groups in total. The van der Waals surface area contributed by atoms with Crippen LogP contribution in [0.15, 0.2) is 48.5 Å². The predicted molar refractivity (Wildman–Crippen MR) is 124 cm³/mol. The number of nitrogens with zero attached hydrogens (tertiary/aromatic N) is 2. The van der Waals surface area contributed by atoms with Crippen LogP contribution in [0.25, 0.3) is 0 Å². The number of piperidine rings is 1. The van der Waals surface area contributed by atoms with Gasteiger partial charge in [0.05, 0.1) is 0 Å². The van der Waals surface area contributed by atoms with E-state index in [4.69, 9.17) is 14.2 Å². The third kappa shape index (κ3) is 5.50. The monoisotopic (exact) mass is 470 g/mol. The molecule has 0 saturated carbocycles. The van der Waals surface area contributed by atoms with Gasteiger partial charge < -0.3 is 24.0 Å². The number of halogens is 1. The van der Waals surface area contributed by atoms with Crippen LogP contribution in [-0.4, -0.2) is 74.2 Å². The number of para-hydroxylation sites is 2. The van der Waals surface area contributed by atoms with Crippen molar-refractivity contribution in [2.75, 3.05) is 40.5 Å². The van der Waals surface area contributed by atoms with Crippen molar-refractivity contribution in [3.05, 3.63) is 59.9 Å². The van der Waals surface area contributed by atoms with E-state index in [-0.39, 0.29) is 42.8 Å². The molecular weight excluding hydrogens is 439 g/mol. The fourth-order valence-corrected chi connectivity index (χ4v) is 4.74. The first-order valence-electron chi connectivity index (χ1n) is 11.6. The van der Waals surface area contributed by atoms with Gasteiger partial charge in [-0.05, 0) is 55.0 Å². The van der Waals surface area contributed by atoms with E-state index in [1.807, 2.05) is 23.1 Å². The first-order chi connectivity index (χ1) is 16.5. The van der Waals surface area contributed by atoms with Crippen molar-refractivity contribution < 1.29 is 28.2 Å². The topological polar surface area (TPSA) is 68.3 Å². The van der Waals surface area contributed by atoms with E-state index in [0.29, 0.717) is 31.0 Å². The van der Waals surface area contributed by atoms with E-state index in [1.165, 1.54) is 19.2 Å². The molecule has 0 aliphatic carbocycles. The Morgan fingerprint density at radius 2 is 1.79 bits per heavy atom. The molecular formula is C26H31FN2O5. The minimum atomic E-state index is -0.660. The number of benzene rings is 2. The molecule has 2 unspecified atom stereocenters. The van der Waals surface area contributed by atoms with Crippen LogP contribution in [0.4, 0.5) is 4.39 Å². The molecule has 2 aromatic carbocycles. The average Bonchev–Trinajstić information content (AvgIpc) is 2.87. The quantitative estimate of drug-likeness (QED) is 0.623. The first-order valence-corrected chi connectivity index (χ1v) is 11.6. The zero-order chi connectivity index (χ0) is 24.1. The van der Waals surface area contributed by atoms with Gasteiger partial charge in [0.2, 0.25) is 12.0 Å². The van der Waals surface area contributed by atoms with Gasteiger partial charge in [-0.15, -0.1) is 0 Å². The summed E-state index contributed by atoms with van der Waals surface area (Å²) < 4.78 is 30.0. The van der Waals surface area contributed by atoms with Crippen LogP contribution < -0.4 is 9.47 Å². The molecule has 0 radical (unpaired) electrons. The number of fused-ring (bicyclic) bond motifs is 1. The molecule has 0 bridgehead atoms. The van der Waals surface area contributed by atoms with Crippen molar-refractivity contribution in [3.8, 4) is 11.5 Å².